The van der Waals surface area contributed by atoms with Gasteiger partial charge in [-0.1, -0.05) is 26.2 Å². The van der Waals surface area contributed by atoms with Crippen LogP contribution in [0.5, 0.6) is 0 Å². The Morgan fingerprint density at radius 3 is 2.57 bits per heavy atom. The first kappa shape index (κ1) is 16.4. The van der Waals surface area contributed by atoms with Crippen molar-refractivity contribution in [3.8, 4) is 0 Å². The summed E-state index contributed by atoms with van der Waals surface area (Å²) >= 11 is 0. The molecule has 0 spiro atoms. The lowest BCUT2D eigenvalue weighted by atomic mass is 9.94. The standard InChI is InChI=1S/C16H28N6O/c1-2-5-14(21-10-8-12(9-11-21)15(17)23)16-18-19-20-22(16)13-6-3-4-7-13/h12-14H,2-11H2,1H3,(H2,17,23). The third-order valence-electron chi connectivity index (χ3n) is 5.42. The van der Waals surface area contributed by atoms with Crippen LogP contribution in [0.25, 0.3) is 0 Å². The molecule has 1 aromatic rings. The van der Waals surface area contributed by atoms with Gasteiger partial charge in [0.25, 0.3) is 0 Å². The van der Waals surface area contributed by atoms with Crippen molar-refractivity contribution in [2.75, 3.05) is 13.1 Å². The normalized spacial score (nSPS) is 22.5. The number of primary amides is 1. The van der Waals surface area contributed by atoms with E-state index in [-0.39, 0.29) is 17.9 Å². The van der Waals surface area contributed by atoms with E-state index in [0.717, 1.165) is 44.6 Å². The van der Waals surface area contributed by atoms with Gasteiger partial charge in [0, 0.05) is 5.92 Å². The first-order valence-corrected chi connectivity index (χ1v) is 9.01. The summed E-state index contributed by atoms with van der Waals surface area (Å²) in [5, 5.41) is 12.6. The van der Waals surface area contributed by atoms with Crippen molar-refractivity contribution in [3.63, 3.8) is 0 Å². The molecule has 1 atom stereocenters. The molecule has 0 aromatic carbocycles. The molecule has 2 N–H and O–H groups in total. The molecule has 1 saturated carbocycles. The van der Waals surface area contributed by atoms with Gasteiger partial charge in [0.2, 0.25) is 5.91 Å². The molecule has 1 aliphatic carbocycles. The molecule has 2 fully saturated rings. The van der Waals surface area contributed by atoms with Crippen LogP contribution in [0.1, 0.15) is 76.2 Å². The highest BCUT2D eigenvalue weighted by Gasteiger charge is 2.32. The highest BCUT2D eigenvalue weighted by molar-refractivity contribution is 5.76. The van der Waals surface area contributed by atoms with Gasteiger partial charge in [0.15, 0.2) is 5.82 Å². The third-order valence-corrected chi connectivity index (χ3v) is 5.42. The zero-order chi connectivity index (χ0) is 16.2. The molecule has 2 aliphatic rings. The van der Waals surface area contributed by atoms with Crippen LogP contribution < -0.4 is 5.73 Å². The van der Waals surface area contributed by atoms with E-state index in [1.807, 2.05) is 0 Å². The summed E-state index contributed by atoms with van der Waals surface area (Å²) in [5.41, 5.74) is 5.45. The van der Waals surface area contributed by atoms with Crippen LogP contribution in [0, 0.1) is 5.92 Å². The SMILES string of the molecule is CCCC(c1nnnn1C1CCCC1)N1CCC(C(N)=O)CC1. The summed E-state index contributed by atoms with van der Waals surface area (Å²) in [5.74, 6) is 0.878. The molecule has 1 unspecified atom stereocenters. The van der Waals surface area contributed by atoms with Gasteiger partial charge in [0.05, 0.1) is 12.1 Å². The average Bonchev–Trinajstić information content (AvgIpc) is 3.23. The lowest BCUT2D eigenvalue weighted by molar-refractivity contribution is -0.123. The predicted octanol–water partition coefficient (Wildman–Crippen LogP) is 1.83. The van der Waals surface area contributed by atoms with E-state index in [0.29, 0.717) is 6.04 Å². The van der Waals surface area contributed by atoms with Gasteiger partial charge in [-0.2, -0.15) is 0 Å². The van der Waals surface area contributed by atoms with E-state index in [9.17, 15) is 4.79 Å². The number of aromatic nitrogens is 4. The third kappa shape index (κ3) is 3.54. The molecular formula is C16H28N6O. The maximum Gasteiger partial charge on any atom is 0.220 e. The number of carbonyl (C=O) groups excluding carboxylic acids is 1. The molecule has 1 aliphatic heterocycles. The minimum Gasteiger partial charge on any atom is -0.369 e. The Bertz CT molecular complexity index is 516. The fourth-order valence-corrected chi connectivity index (χ4v) is 4.07. The first-order valence-electron chi connectivity index (χ1n) is 9.01. The fourth-order valence-electron chi connectivity index (χ4n) is 4.07. The van der Waals surface area contributed by atoms with Gasteiger partial charge in [-0.25, -0.2) is 4.68 Å². The number of nitrogens with zero attached hydrogens (tertiary/aromatic N) is 5. The van der Waals surface area contributed by atoms with Crippen molar-refractivity contribution >= 4 is 5.91 Å². The predicted molar refractivity (Wildman–Crippen MR) is 86.5 cm³/mol. The van der Waals surface area contributed by atoms with E-state index >= 15 is 0 Å². The summed E-state index contributed by atoms with van der Waals surface area (Å²) in [4.78, 5) is 13.8. The summed E-state index contributed by atoms with van der Waals surface area (Å²) in [6, 6.07) is 0.715. The smallest absolute Gasteiger partial charge is 0.220 e. The second-order valence-corrected chi connectivity index (χ2v) is 6.94. The molecule has 128 valence electrons. The molecule has 7 heteroatoms. The van der Waals surface area contributed by atoms with Crippen molar-refractivity contribution < 1.29 is 4.79 Å². The van der Waals surface area contributed by atoms with Crippen LogP contribution in [0.15, 0.2) is 0 Å². The van der Waals surface area contributed by atoms with E-state index in [4.69, 9.17) is 5.73 Å². The zero-order valence-electron chi connectivity index (χ0n) is 14.0. The molecule has 0 bridgehead atoms. The van der Waals surface area contributed by atoms with Gasteiger partial charge >= 0.3 is 0 Å². The monoisotopic (exact) mass is 320 g/mol. The zero-order valence-corrected chi connectivity index (χ0v) is 14.0. The van der Waals surface area contributed by atoms with Crippen molar-refractivity contribution in [2.45, 2.75) is 70.4 Å². The number of hydrogen-bond donors (Lipinski definition) is 1. The molecular weight excluding hydrogens is 292 g/mol. The topological polar surface area (TPSA) is 89.9 Å². The van der Waals surface area contributed by atoms with E-state index in [1.54, 1.807) is 0 Å². The number of nitrogens with two attached hydrogens (primary N) is 1. The molecule has 0 radical (unpaired) electrons. The number of tetrazole rings is 1. The summed E-state index contributed by atoms with van der Waals surface area (Å²) in [6.45, 7) is 4.00. The summed E-state index contributed by atoms with van der Waals surface area (Å²) in [7, 11) is 0. The van der Waals surface area contributed by atoms with Crippen LogP contribution in [-0.2, 0) is 4.79 Å². The number of rotatable bonds is 6. The van der Waals surface area contributed by atoms with Gasteiger partial charge < -0.3 is 5.73 Å². The fraction of sp³-hybridized carbons (Fsp3) is 0.875. The largest absolute Gasteiger partial charge is 0.369 e. The highest BCUT2D eigenvalue weighted by Crippen LogP contribution is 2.34. The molecule has 1 saturated heterocycles. The molecule has 3 rings (SSSR count). The Labute approximate surface area is 137 Å². The summed E-state index contributed by atoms with van der Waals surface area (Å²) in [6.07, 6.45) is 8.74. The van der Waals surface area contributed by atoms with Crippen LogP contribution in [0.3, 0.4) is 0 Å². The highest BCUT2D eigenvalue weighted by atomic mass is 16.1. The van der Waals surface area contributed by atoms with E-state index in [1.165, 1.54) is 25.7 Å². The van der Waals surface area contributed by atoms with Crippen molar-refractivity contribution in [3.05, 3.63) is 5.82 Å². The van der Waals surface area contributed by atoms with Crippen LogP contribution in [0.2, 0.25) is 0 Å². The lowest BCUT2D eigenvalue weighted by Crippen LogP contribution is -2.41. The van der Waals surface area contributed by atoms with Gasteiger partial charge in [-0.3, -0.25) is 9.69 Å². The molecule has 7 nitrogen and oxygen atoms in total. The minimum absolute atomic E-state index is 0.0272. The Kier molecular flexibility index (Phi) is 5.25. The molecule has 2 heterocycles. The van der Waals surface area contributed by atoms with Crippen LogP contribution >= 0.6 is 0 Å². The van der Waals surface area contributed by atoms with Crippen LogP contribution in [-0.4, -0.2) is 44.1 Å². The second-order valence-electron chi connectivity index (χ2n) is 6.94. The van der Waals surface area contributed by atoms with Crippen LogP contribution in [0.4, 0.5) is 0 Å². The maximum atomic E-state index is 11.4. The summed E-state index contributed by atoms with van der Waals surface area (Å²) < 4.78 is 2.08. The van der Waals surface area contributed by atoms with Crippen molar-refractivity contribution in [1.29, 1.82) is 0 Å². The number of likely N-dealkylation sites (tertiary alicyclic amines) is 1. The average molecular weight is 320 g/mol. The molecule has 1 aromatic heterocycles. The molecule has 23 heavy (non-hydrogen) atoms. The van der Waals surface area contributed by atoms with Crippen molar-refractivity contribution in [2.24, 2.45) is 11.7 Å². The number of hydrogen-bond acceptors (Lipinski definition) is 5. The number of amides is 1. The Hall–Kier alpha value is -1.50. The Balaban J connectivity index is 1.74. The second kappa shape index (κ2) is 7.38. The number of carbonyl (C=O) groups is 1. The lowest BCUT2D eigenvalue weighted by Gasteiger charge is -2.36. The number of piperidine rings is 1. The first-order chi connectivity index (χ1) is 11.2. The quantitative estimate of drug-likeness (QED) is 0.863. The van der Waals surface area contributed by atoms with Gasteiger partial charge in [0.1, 0.15) is 0 Å². The minimum atomic E-state index is -0.160. The van der Waals surface area contributed by atoms with Gasteiger partial charge in [-0.05, 0) is 55.6 Å². The Morgan fingerprint density at radius 1 is 1.26 bits per heavy atom. The van der Waals surface area contributed by atoms with E-state index < -0.39 is 0 Å². The molecule has 1 amide bonds. The Morgan fingerprint density at radius 2 is 1.96 bits per heavy atom. The maximum absolute atomic E-state index is 11.4. The van der Waals surface area contributed by atoms with Crippen molar-refractivity contribution in [1.82, 2.24) is 25.1 Å². The van der Waals surface area contributed by atoms with E-state index in [2.05, 4.69) is 32.0 Å². The van der Waals surface area contributed by atoms with Gasteiger partial charge in [-0.15, -0.1) is 5.10 Å².